The molecule has 0 aromatic heterocycles. The van der Waals surface area contributed by atoms with E-state index >= 15 is 0 Å². The Morgan fingerprint density at radius 3 is 2.12 bits per heavy atom. The number of benzene rings is 2. The summed E-state index contributed by atoms with van der Waals surface area (Å²) in [6.45, 7) is 10.5. The summed E-state index contributed by atoms with van der Waals surface area (Å²) in [5, 5.41) is 2.79. The summed E-state index contributed by atoms with van der Waals surface area (Å²) in [5.74, 6) is 0.637. The van der Waals surface area contributed by atoms with Gasteiger partial charge in [0.25, 0.3) is 0 Å². The van der Waals surface area contributed by atoms with Crippen LogP contribution >= 0.6 is 0 Å². The van der Waals surface area contributed by atoms with Gasteiger partial charge in [0, 0.05) is 0 Å². The van der Waals surface area contributed by atoms with Crippen LogP contribution < -0.4 is 24.8 Å². The van der Waals surface area contributed by atoms with Crippen LogP contribution in [0.3, 0.4) is 0 Å². The first-order chi connectivity index (χ1) is 14.0. The van der Waals surface area contributed by atoms with E-state index in [0.29, 0.717) is 5.92 Å². The van der Waals surface area contributed by atoms with Crippen molar-refractivity contribution in [1.82, 2.24) is 0 Å². The molecule has 1 nitrogen and oxygen atoms in total. The van der Waals surface area contributed by atoms with Crippen molar-refractivity contribution in [2.24, 2.45) is 0 Å². The molecule has 3 aromatic carbocycles. The van der Waals surface area contributed by atoms with Gasteiger partial charge in [-0.3, -0.25) is 0 Å². The topological polar surface area (TPSA) is 20.2 Å². The van der Waals surface area contributed by atoms with Gasteiger partial charge in [-0.2, -0.15) is 6.07 Å². The number of aryl methyl sites for hydroxylation is 1. The summed E-state index contributed by atoms with van der Waals surface area (Å²) < 4.78 is 0. The Balaban J connectivity index is 0. The molecule has 0 fully saturated rings. The zero-order chi connectivity index (χ0) is 21.2. The smallest absolute Gasteiger partial charge is 1.00 e. The van der Waals surface area contributed by atoms with E-state index < -0.39 is 9.04 Å². The molecule has 0 aliphatic rings. The summed E-state index contributed by atoms with van der Waals surface area (Å²) in [4.78, 5) is 8.16. The second kappa shape index (κ2) is 18.1. The quantitative estimate of drug-likeness (QED) is 0.251. The van der Waals surface area contributed by atoms with Gasteiger partial charge in [-0.25, -0.2) is 0 Å². The Labute approximate surface area is 229 Å². The van der Waals surface area contributed by atoms with Gasteiger partial charge in [0.15, 0.2) is 9.04 Å². The Bertz CT molecular complexity index is 859. The average molecular weight is 569 g/mol. The first kappa shape index (κ1) is 33.9. The molecule has 32 heavy (non-hydrogen) atoms. The predicted octanol–water partition coefficient (Wildman–Crippen LogP) is 2.10. The zero-order valence-corrected chi connectivity index (χ0v) is 25.2. The monoisotopic (exact) mass is 566 g/mol. The largest absolute Gasteiger partial charge is 3.00 e. The van der Waals surface area contributed by atoms with Crippen molar-refractivity contribution in [2.45, 2.75) is 78.3 Å². The van der Waals surface area contributed by atoms with Crippen LogP contribution in [0.4, 0.5) is 0 Å². The van der Waals surface area contributed by atoms with Crippen LogP contribution in [-0.4, -0.2) is 13.8 Å². The molecule has 0 spiro atoms. The van der Waals surface area contributed by atoms with Crippen LogP contribution in [0, 0.1) is 0 Å². The number of unbranched alkanes of at least 4 members (excludes halogenated alkanes) is 3. The minimum atomic E-state index is -0.880. The van der Waals surface area contributed by atoms with Crippen LogP contribution in [0.5, 0.6) is 0 Å². The molecule has 0 aliphatic carbocycles. The van der Waals surface area contributed by atoms with E-state index in [1.807, 2.05) is 13.1 Å². The van der Waals surface area contributed by atoms with Gasteiger partial charge in [-0.15, -0.1) is 34.5 Å². The third kappa shape index (κ3) is 10.7. The van der Waals surface area contributed by atoms with Crippen molar-refractivity contribution in [3.05, 3.63) is 65.7 Å². The molecule has 1 unspecified atom stereocenters. The van der Waals surface area contributed by atoms with Crippen molar-refractivity contribution in [1.29, 1.82) is 0 Å². The van der Waals surface area contributed by atoms with Crippen LogP contribution in [0.25, 0.3) is 21.9 Å². The third-order valence-electron chi connectivity index (χ3n) is 5.53. The summed E-state index contributed by atoms with van der Waals surface area (Å²) in [6.07, 6.45) is 7.72. The van der Waals surface area contributed by atoms with E-state index in [1.54, 1.807) is 0 Å². The molecule has 3 aromatic rings. The third-order valence-corrected chi connectivity index (χ3v) is 5.53. The SMILES string of the molecule is CCCCCCc1cc2c(-c3ccc(C(C)CC)cc3)cccc2[cH-]1.C[Si](C)O.[Cl-].[Cl-].[Zr+3]. The predicted molar refractivity (Wildman–Crippen MR) is 131 cm³/mol. The summed E-state index contributed by atoms with van der Waals surface area (Å²) >= 11 is 0. The van der Waals surface area contributed by atoms with E-state index in [4.69, 9.17) is 4.80 Å². The Morgan fingerprint density at radius 1 is 0.938 bits per heavy atom. The molecule has 0 saturated carbocycles. The molecule has 0 amide bonds. The molecule has 174 valence electrons. The number of hydrogen-bond acceptors (Lipinski definition) is 1. The number of hydrogen-bond donors (Lipinski definition) is 1. The average Bonchev–Trinajstić information content (AvgIpc) is 3.13. The van der Waals surface area contributed by atoms with Crippen molar-refractivity contribution in [3.63, 3.8) is 0 Å². The van der Waals surface area contributed by atoms with Crippen LogP contribution in [-0.2, 0) is 32.6 Å². The number of rotatable bonds is 8. The van der Waals surface area contributed by atoms with Gasteiger partial charge in [0.1, 0.15) is 0 Å². The molecule has 1 N–H and O–H groups in total. The maximum Gasteiger partial charge on any atom is 3.00 e. The Morgan fingerprint density at radius 2 is 1.56 bits per heavy atom. The van der Waals surface area contributed by atoms with Crippen molar-refractivity contribution < 1.29 is 55.8 Å². The van der Waals surface area contributed by atoms with Crippen molar-refractivity contribution >= 4 is 19.8 Å². The van der Waals surface area contributed by atoms with Crippen LogP contribution in [0.1, 0.15) is 69.9 Å². The molecule has 2 radical (unpaired) electrons. The van der Waals surface area contributed by atoms with Gasteiger partial charge in [0.05, 0.1) is 0 Å². The van der Waals surface area contributed by atoms with E-state index in [2.05, 4.69) is 75.4 Å². The normalized spacial score (nSPS) is 11.0. The number of fused-ring (bicyclic) bond motifs is 1. The van der Waals surface area contributed by atoms with E-state index in [9.17, 15) is 0 Å². The van der Waals surface area contributed by atoms with E-state index in [0.717, 1.165) is 0 Å². The summed E-state index contributed by atoms with van der Waals surface area (Å²) in [6, 6.07) is 20.7. The van der Waals surface area contributed by atoms with Crippen molar-refractivity contribution in [2.75, 3.05) is 0 Å². The fraction of sp³-hybridized carbons (Fsp3) is 0.444. The Hall–Kier alpha value is -0.310. The Kier molecular flexibility index (Phi) is 19.1. The fourth-order valence-corrected chi connectivity index (χ4v) is 3.68. The minimum Gasteiger partial charge on any atom is -1.00 e. The second-order valence-electron chi connectivity index (χ2n) is 8.36. The van der Waals surface area contributed by atoms with E-state index in [1.165, 1.54) is 71.6 Å². The van der Waals surface area contributed by atoms with Crippen molar-refractivity contribution in [3.8, 4) is 11.1 Å². The van der Waals surface area contributed by atoms with Gasteiger partial charge in [-0.1, -0.05) is 82.3 Å². The maximum absolute atomic E-state index is 8.16. The first-order valence-corrected chi connectivity index (χ1v) is 13.7. The molecular formula is C27H38Cl2OSiZr. The van der Waals surface area contributed by atoms with Gasteiger partial charge in [-0.05, 0) is 43.0 Å². The number of halogens is 2. The summed E-state index contributed by atoms with van der Waals surface area (Å²) in [5.41, 5.74) is 5.64. The van der Waals surface area contributed by atoms with E-state index in [-0.39, 0.29) is 51.0 Å². The summed E-state index contributed by atoms with van der Waals surface area (Å²) in [7, 11) is -0.880. The molecular weight excluding hydrogens is 531 g/mol. The molecule has 1 atom stereocenters. The van der Waals surface area contributed by atoms with Gasteiger partial charge < -0.3 is 29.6 Å². The van der Waals surface area contributed by atoms with Crippen LogP contribution in [0.2, 0.25) is 13.1 Å². The second-order valence-corrected chi connectivity index (χ2v) is 10.3. The fourth-order valence-electron chi connectivity index (χ4n) is 3.68. The molecule has 0 saturated heterocycles. The molecule has 0 heterocycles. The van der Waals surface area contributed by atoms with Gasteiger partial charge in [0.2, 0.25) is 0 Å². The standard InChI is InChI=1S/C25H31.C2H7OSi.2ClH.Zr/c1-4-6-7-8-10-20-17-23-11-9-12-24(25(23)18-20)22-15-13-21(14-16-22)19(3)5-2;1-4(2)3;;;/h9,11-19H,4-8,10H2,1-3H3;3H,1-2H3;2*1H;/q-1;;;;+3/p-2. The maximum atomic E-state index is 8.16. The molecule has 0 aliphatic heterocycles. The molecule has 3 rings (SSSR count). The first-order valence-electron chi connectivity index (χ1n) is 11.2. The molecule has 5 heteroatoms. The van der Waals surface area contributed by atoms with Crippen LogP contribution in [0.15, 0.2) is 54.6 Å². The van der Waals surface area contributed by atoms with Gasteiger partial charge >= 0.3 is 26.2 Å². The zero-order valence-electron chi connectivity index (χ0n) is 20.2. The molecule has 0 bridgehead atoms. The minimum absolute atomic E-state index is 0.